The molecule has 0 radical (unpaired) electrons. The minimum Gasteiger partial charge on any atom is -0.383 e. The van der Waals surface area contributed by atoms with Crippen molar-refractivity contribution < 1.29 is 12.6 Å². The van der Waals surface area contributed by atoms with Crippen molar-refractivity contribution >= 4 is 40.8 Å². The van der Waals surface area contributed by atoms with Crippen molar-refractivity contribution in [3.8, 4) is 10.6 Å². The molecule has 0 aliphatic rings. The van der Waals surface area contributed by atoms with E-state index in [9.17, 15) is 8.42 Å². The molecule has 24 heavy (non-hydrogen) atoms. The monoisotopic (exact) mass is 355 g/mol. The predicted octanol–water partition coefficient (Wildman–Crippen LogP) is 5.07. The number of benzene rings is 3. The van der Waals surface area contributed by atoms with Crippen molar-refractivity contribution in [2.45, 2.75) is 0 Å². The summed E-state index contributed by atoms with van der Waals surface area (Å²) in [4.78, 5) is 1.15. The van der Waals surface area contributed by atoms with Crippen LogP contribution in [0.2, 0.25) is 0 Å². The number of hydrogen-bond donors (Lipinski definition) is 0. The van der Waals surface area contributed by atoms with Gasteiger partial charge in [0.15, 0.2) is 14.3 Å². The van der Waals surface area contributed by atoms with Gasteiger partial charge in [0.25, 0.3) is 0 Å². The average Bonchev–Trinajstić information content (AvgIpc) is 2.89. The van der Waals surface area contributed by atoms with E-state index in [1.807, 2.05) is 12.1 Å². The predicted molar refractivity (Wildman–Crippen MR) is 101 cm³/mol. The van der Waals surface area contributed by atoms with Crippen molar-refractivity contribution in [2.24, 2.45) is 0 Å². The molecule has 0 N–H and O–H groups in total. The Bertz CT molecular complexity index is 1090. The van der Waals surface area contributed by atoms with E-state index in [4.69, 9.17) is 4.18 Å². The zero-order valence-electron chi connectivity index (χ0n) is 13.0. The maximum Gasteiger partial charge on any atom is 0.306 e. The summed E-state index contributed by atoms with van der Waals surface area (Å²) in [5.74, 6) is 0.339. The fourth-order valence-corrected chi connectivity index (χ4v) is 5.75. The first-order valence-corrected chi connectivity index (χ1v) is 10.5. The molecule has 0 spiro atoms. The van der Waals surface area contributed by atoms with Crippen LogP contribution in [0.15, 0.2) is 72.8 Å². The molecule has 3 aromatic carbocycles. The number of hydrogen-bond acceptors (Lipinski definition) is 3. The van der Waals surface area contributed by atoms with Gasteiger partial charge in [-0.05, 0) is 36.4 Å². The lowest BCUT2D eigenvalue weighted by atomic mass is 10.2. The summed E-state index contributed by atoms with van der Waals surface area (Å²) >= 11 is 0. The van der Waals surface area contributed by atoms with Crippen molar-refractivity contribution in [3.05, 3.63) is 72.8 Å². The number of fused-ring (bicyclic) bond motifs is 3. The van der Waals surface area contributed by atoms with Crippen LogP contribution in [0.3, 0.4) is 0 Å². The summed E-state index contributed by atoms with van der Waals surface area (Å²) in [5.41, 5.74) is 0. The maximum absolute atomic E-state index is 11.2. The van der Waals surface area contributed by atoms with Crippen molar-refractivity contribution in [3.63, 3.8) is 0 Å². The summed E-state index contributed by atoms with van der Waals surface area (Å²) in [6.45, 7) is 0. The second kappa shape index (κ2) is 5.61. The van der Waals surface area contributed by atoms with Gasteiger partial charge in [-0.3, -0.25) is 0 Å². The van der Waals surface area contributed by atoms with Crippen molar-refractivity contribution in [1.82, 2.24) is 0 Å². The van der Waals surface area contributed by atoms with Crippen LogP contribution in [0, 0.1) is 0 Å². The van der Waals surface area contributed by atoms with E-state index < -0.39 is 10.1 Å². The van der Waals surface area contributed by atoms with Gasteiger partial charge in [-0.1, -0.05) is 24.3 Å². The third kappa shape index (κ3) is 2.66. The van der Waals surface area contributed by atoms with Crippen LogP contribution in [-0.4, -0.2) is 14.7 Å². The molecule has 4 rings (SSSR count). The van der Waals surface area contributed by atoms with Crippen LogP contribution in [0.1, 0.15) is 0 Å². The lowest BCUT2D eigenvalue weighted by molar-refractivity contribution is 0.493. The van der Waals surface area contributed by atoms with E-state index in [1.54, 1.807) is 12.1 Å². The fraction of sp³-hybridized carbons (Fsp3) is 0.0526. The van der Waals surface area contributed by atoms with Gasteiger partial charge < -0.3 is 4.18 Å². The van der Waals surface area contributed by atoms with E-state index >= 15 is 0 Å². The second-order valence-electron chi connectivity index (χ2n) is 5.56. The molecule has 3 nitrogen and oxygen atoms in total. The third-order valence-electron chi connectivity index (χ3n) is 3.81. The van der Waals surface area contributed by atoms with Gasteiger partial charge in [-0.15, -0.1) is 0 Å². The number of thiophene rings is 1. The van der Waals surface area contributed by atoms with Crippen LogP contribution < -0.4 is 4.18 Å². The topological polar surface area (TPSA) is 43.4 Å². The molecule has 120 valence electrons. The van der Waals surface area contributed by atoms with E-state index in [0.717, 1.165) is 11.2 Å². The van der Waals surface area contributed by atoms with Crippen LogP contribution in [0.4, 0.5) is 0 Å². The molecule has 0 aliphatic carbocycles. The highest BCUT2D eigenvalue weighted by Gasteiger charge is 2.23. The Balaban J connectivity index is 1.92. The Morgan fingerprint density at radius 2 is 1.25 bits per heavy atom. The molecule has 1 heterocycles. The van der Waals surface area contributed by atoms with Crippen LogP contribution in [-0.2, 0) is 10.1 Å². The molecule has 0 amide bonds. The molecule has 5 heteroatoms. The standard InChI is InChI=1S/C19H15O3S2/c1-24(20,21)22-14-10-12-15(13-11-14)23-18-8-4-2-6-16(18)17-7-3-5-9-19(17)23/h2-13H,1H3/q+1. The van der Waals surface area contributed by atoms with Gasteiger partial charge in [0.1, 0.15) is 5.75 Å². The van der Waals surface area contributed by atoms with Gasteiger partial charge in [-0.25, -0.2) is 0 Å². The maximum atomic E-state index is 11.2. The van der Waals surface area contributed by atoms with Crippen LogP contribution in [0.25, 0.3) is 25.1 Å². The highest BCUT2D eigenvalue weighted by atomic mass is 32.2. The molecule has 0 atom stereocenters. The summed E-state index contributed by atoms with van der Waals surface area (Å²) < 4.78 is 30.0. The average molecular weight is 355 g/mol. The molecule has 1 aromatic heterocycles. The Kier molecular flexibility index (Phi) is 3.55. The largest absolute Gasteiger partial charge is 0.383 e. The van der Waals surface area contributed by atoms with E-state index in [1.165, 1.54) is 20.2 Å². The zero-order valence-corrected chi connectivity index (χ0v) is 14.6. The summed E-state index contributed by atoms with van der Waals surface area (Å²) in [5, 5.41) is 2.54. The molecule has 0 unspecified atom stereocenters. The fourth-order valence-electron chi connectivity index (χ4n) is 2.91. The first-order chi connectivity index (χ1) is 11.5. The first-order valence-electron chi connectivity index (χ1n) is 7.45. The quantitative estimate of drug-likeness (QED) is 0.381. The summed E-state index contributed by atoms with van der Waals surface area (Å²) in [6.07, 6.45) is 1.05. The lowest BCUT2D eigenvalue weighted by Gasteiger charge is -2.01. The van der Waals surface area contributed by atoms with Crippen LogP contribution >= 0.6 is 10.5 Å². The van der Waals surface area contributed by atoms with E-state index in [-0.39, 0.29) is 10.5 Å². The highest BCUT2D eigenvalue weighted by molar-refractivity contribution is 7.86. The third-order valence-corrected chi connectivity index (χ3v) is 6.64. The molecule has 0 saturated heterocycles. The van der Waals surface area contributed by atoms with Gasteiger partial charge >= 0.3 is 10.1 Å². The van der Waals surface area contributed by atoms with Gasteiger partial charge in [-0.2, -0.15) is 8.42 Å². The lowest BCUT2D eigenvalue weighted by Crippen LogP contribution is -2.05. The van der Waals surface area contributed by atoms with Gasteiger partial charge in [0.05, 0.1) is 6.26 Å². The minimum atomic E-state index is -3.50. The van der Waals surface area contributed by atoms with Gasteiger partial charge in [0, 0.05) is 33.4 Å². The molecular formula is C19H15O3S2+. The minimum absolute atomic E-state index is 0.177. The smallest absolute Gasteiger partial charge is 0.306 e. The SMILES string of the molecule is CS(=O)(=O)Oc1ccc(-[s+]2c3ccccc3c3ccccc32)cc1. The van der Waals surface area contributed by atoms with Crippen molar-refractivity contribution in [1.29, 1.82) is 0 Å². The Hall–Kier alpha value is -2.37. The molecule has 0 fully saturated rings. The zero-order chi connectivity index (χ0) is 16.7. The molecule has 0 bridgehead atoms. The van der Waals surface area contributed by atoms with Crippen LogP contribution in [0.5, 0.6) is 5.75 Å². The Morgan fingerprint density at radius 1 is 0.750 bits per heavy atom. The summed E-state index contributed by atoms with van der Waals surface area (Å²) in [7, 11) is -3.68. The number of rotatable bonds is 3. The molecule has 0 saturated carbocycles. The molecular weight excluding hydrogens is 340 g/mol. The highest BCUT2D eigenvalue weighted by Crippen LogP contribution is 2.48. The Morgan fingerprint density at radius 3 is 1.75 bits per heavy atom. The normalized spacial score (nSPS) is 11.9. The Labute approximate surface area is 143 Å². The second-order valence-corrected chi connectivity index (χ2v) is 9.10. The van der Waals surface area contributed by atoms with Gasteiger partial charge in [0.2, 0.25) is 0 Å². The van der Waals surface area contributed by atoms with E-state index in [2.05, 4.69) is 48.5 Å². The van der Waals surface area contributed by atoms with E-state index in [0.29, 0.717) is 5.75 Å². The molecule has 4 aromatic rings. The summed E-state index contributed by atoms with van der Waals surface area (Å²) in [6, 6.07) is 24.2. The van der Waals surface area contributed by atoms with Crippen molar-refractivity contribution in [2.75, 3.05) is 6.26 Å². The molecule has 0 aliphatic heterocycles. The first kappa shape index (κ1) is 15.2.